The first-order chi connectivity index (χ1) is 17.7. The highest BCUT2D eigenvalue weighted by Crippen LogP contribution is 2.31. The van der Waals surface area contributed by atoms with Crippen LogP contribution < -0.4 is 16.0 Å². The third-order valence-corrected chi connectivity index (χ3v) is 6.85. The standard InChI is InChI=1S/C29H40N4O4/c1-5-8-21-11-13-23(14-12-21)31-28(36)20(4)30-29(37)27(19(2)3)32-25(34)17-18-33-24(15-16-26(33)35)22-9-6-7-10-22/h11-16,19-20,27H,5-10,17-18H2,1-4H3,(H,30,37)(H,31,36)(H,32,34)/t20-,27-/m0/s1. The van der Waals surface area contributed by atoms with E-state index in [0.717, 1.165) is 44.2 Å². The summed E-state index contributed by atoms with van der Waals surface area (Å²) in [4.78, 5) is 52.3. The number of aryl methyl sites for hydroxylation is 1. The van der Waals surface area contributed by atoms with E-state index < -0.39 is 18.0 Å². The number of hydrogen-bond donors (Lipinski definition) is 3. The Labute approximate surface area is 219 Å². The van der Waals surface area contributed by atoms with Gasteiger partial charge in [-0.15, -0.1) is 0 Å². The van der Waals surface area contributed by atoms with Gasteiger partial charge in [-0.05, 0) is 74.3 Å². The molecule has 1 saturated carbocycles. The van der Waals surface area contributed by atoms with Crippen LogP contribution in [0.5, 0.6) is 0 Å². The molecule has 0 radical (unpaired) electrons. The van der Waals surface area contributed by atoms with Crippen LogP contribution in [0.3, 0.4) is 0 Å². The van der Waals surface area contributed by atoms with Crippen LogP contribution in [0.1, 0.15) is 71.8 Å². The van der Waals surface area contributed by atoms with Crippen LogP contribution in [0.4, 0.5) is 5.69 Å². The SMILES string of the molecule is CCCc1ccc(NC(=O)[C@H](C)NC(=O)[C@@H](NC(=O)CCN2C(=O)C=CC2=C2CCCC2)C(C)C)cc1. The molecule has 0 aromatic heterocycles. The average molecular weight is 509 g/mol. The Balaban J connectivity index is 1.51. The highest BCUT2D eigenvalue weighted by molar-refractivity contribution is 5.98. The van der Waals surface area contributed by atoms with Crippen molar-refractivity contribution in [2.24, 2.45) is 5.92 Å². The molecule has 1 aliphatic heterocycles. The van der Waals surface area contributed by atoms with Gasteiger partial charge >= 0.3 is 0 Å². The van der Waals surface area contributed by atoms with Crippen molar-refractivity contribution in [1.29, 1.82) is 0 Å². The molecule has 0 spiro atoms. The minimum atomic E-state index is -0.795. The molecular formula is C29H40N4O4. The number of nitrogens with zero attached hydrogens (tertiary/aromatic N) is 1. The van der Waals surface area contributed by atoms with Gasteiger partial charge in [0.1, 0.15) is 12.1 Å². The Kier molecular flexibility index (Phi) is 10.1. The number of amides is 4. The molecule has 1 heterocycles. The second-order valence-corrected chi connectivity index (χ2v) is 10.2. The highest BCUT2D eigenvalue weighted by atomic mass is 16.2. The first kappa shape index (κ1) is 28.2. The molecular weight excluding hydrogens is 468 g/mol. The third kappa shape index (κ3) is 7.78. The zero-order valence-electron chi connectivity index (χ0n) is 22.4. The summed E-state index contributed by atoms with van der Waals surface area (Å²) in [6.45, 7) is 7.66. The summed E-state index contributed by atoms with van der Waals surface area (Å²) in [7, 11) is 0. The van der Waals surface area contributed by atoms with Gasteiger partial charge in [0.25, 0.3) is 5.91 Å². The van der Waals surface area contributed by atoms with Crippen molar-refractivity contribution in [2.75, 3.05) is 11.9 Å². The van der Waals surface area contributed by atoms with E-state index in [-0.39, 0.29) is 36.6 Å². The number of nitrogens with one attached hydrogen (secondary N) is 3. The lowest BCUT2D eigenvalue weighted by Gasteiger charge is -2.25. The number of hydrogen-bond acceptors (Lipinski definition) is 4. The molecule has 3 N–H and O–H groups in total. The molecule has 0 bridgehead atoms. The number of benzene rings is 1. The maximum atomic E-state index is 13.0. The van der Waals surface area contributed by atoms with Gasteiger partial charge in [0, 0.05) is 30.4 Å². The molecule has 200 valence electrons. The van der Waals surface area contributed by atoms with Gasteiger partial charge in [-0.2, -0.15) is 0 Å². The molecule has 37 heavy (non-hydrogen) atoms. The van der Waals surface area contributed by atoms with Crippen LogP contribution in [0.15, 0.2) is 47.7 Å². The van der Waals surface area contributed by atoms with Crippen LogP contribution >= 0.6 is 0 Å². The molecule has 1 fully saturated rings. The van der Waals surface area contributed by atoms with Crippen molar-refractivity contribution in [3.63, 3.8) is 0 Å². The summed E-state index contributed by atoms with van der Waals surface area (Å²) in [6.07, 6.45) is 9.74. The van der Waals surface area contributed by atoms with Crippen LogP contribution in [-0.4, -0.2) is 47.2 Å². The predicted molar refractivity (Wildman–Crippen MR) is 144 cm³/mol. The van der Waals surface area contributed by atoms with Crippen molar-refractivity contribution in [3.05, 3.63) is 53.3 Å². The quantitative estimate of drug-likeness (QED) is 0.422. The smallest absolute Gasteiger partial charge is 0.251 e. The summed E-state index contributed by atoms with van der Waals surface area (Å²) >= 11 is 0. The fraction of sp³-hybridized carbons (Fsp3) is 0.517. The zero-order chi connectivity index (χ0) is 26.9. The summed E-state index contributed by atoms with van der Waals surface area (Å²) < 4.78 is 0. The summed E-state index contributed by atoms with van der Waals surface area (Å²) in [5, 5.41) is 8.33. The van der Waals surface area contributed by atoms with Gasteiger partial charge in [-0.1, -0.05) is 39.3 Å². The molecule has 2 aliphatic rings. The minimum absolute atomic E-state index is 0.0881. The van der Waals surface area contributed by atoms with Gasteiger partial charge in [0.2, 0.25) is 17.7 Å². The fourth-order valence-corrected chi connectivity index (χ4v) is 4.70. The highest BCUT2D eigenvalue weighted by Gasteiger charge is 2.29. The predicted octanol–water partition coefficient (Wildman–Crippen LogP) is 3.84. The second-order valence-electron chi connectivity index (χ2n) is 10.2. The topological polar surface area (TPSA) is 108 Å². The maximum absolute atomic E-state index is 13.0. The molecule has 8 heteroatoms. The Morgan fingerprint density at radius 3 is 2.24 bits per heavy atom. The lowest BCUT2D eigenvalue weighted by molar-refractivity contribution is -0.132. The number of carbonyl (C=O) groups is 4. The molecule has 2 atom stereocenters. The molecule has 4 amide bonds. The molecule has 3 rings (SSSR count). The van der Waals surface area contributed by atoms with Gasteiger partial charge < -0.3 is 20.9 Å². The molecule has 8 nitrogen and oxygen atoms in total. The van der Waals surface area contributed by atoms with Crippen LogP contribution in [0.25, 0.3) is 0 Å². The second kappa shape index (κ2) is 13.2. The lowest BCUT2D eigenvalue weighted by atomic mass is 10.0. The largest absolute Gasteiger partial charge is 0.344 e. The monoisotopic (exact) mass is 508 g/mol. The number of carbonyl (C=O) groups excluding carboxylic acids is 4. The van der Waals surface area contributed by atoms with Gasteiger partial charge in [0.15, 0.2) is 0 Å². The van der Waals surface area contributed by atoms with Crippen molar-refractivity contribution in [2.45, 2.75) is 84.7 Å². The Bertz CT molecular complexity index is 1050. The number of rotatable bonds is 11. The minimum Gasteiger partial charge on any atom is -0.344 e. The van der Waals surface area contributed by atoms with Crippen LogP contribution in [0, 0.1) is 5.92 Å². The van der Waals surface area contributed by atoms with Crippen molar-refractivity contribution >= 4 is 29.3 Å². The van der Waals surface area contributed by atoms with Crippen LogP contribution in [0.2, 0.25) is 0 Å². The number of allylic oxidation sites excluding steroid dienone is 2. The summed E-state index contributed by atoms with van der Waals surface area (Å²) in [5.41, 5.74) is 4.06. The Hall–Kier alpha value is -3.42. The average Bonchev–Trinajstić information content (AvgIpc) is 3.52. The van der Waals surface area contributed by atoms with E-state index in [2.05, 4.69) is 22.9 Å². The maximum Gasteiger partial charge on any atom is 0.251 e. The van der Waals surface area contributed by atoms with Crippen molar-refractivity contribution in [3.8, 4) is 0 Å². The van der Waals surface area contributed by atoms with E-state index in [1.807, 2.05) is 44.2 Å². The molecule has 0 saturated heterocycles. The summed E-state index contributed by atoms with van der Waals surface area (Å²) in [5.74, 6) is -1.36. The van der Waals surface area contributed by atoms with E-state index >= 15 is 0 Å². The first-order valence-electron chi connectivity index (χ1n) is 13.4. The van der Waals surface area contributed by atoms with E-state index in [4.69, 9.17) is 0 Å². The Morgan fingerprint density at radius 2 is 1.62 bits per heavy atom. The first-order valence-corrected chi connectivity index (χ1v) is 13.4. The van der Waals surface area contributed by atoms with Gasteiger partial charge in [-0.25, -0.2) is 0 Å². The van der Waals surface area contributed by atoms with Gasteiger partial charge in [0.05, 0.1) is 0 Å². The zero-order valence-corrected chi connectivity index (χ0v) is 22.4. The number of anilines is 1. The van der Waals surface area contributed by atoms with E-state index in [9.17, 15) is 19.2 Å². The lowest BCUT2D eigenvalue weighted by Crippen LogP contribution is -2.54. The summed E-state index contributed by atoms with van der Waals surface area (Å²) in [6, 6.07) is 6.08. The normalized spacial score (nSPS) is 16.8. The molecule has 1 aromatic rings. The Morgan fingerprint density at radius 1 is 0.946 bits per heavy atom. The van der Waals surface area contributed by atoms with Crippen molar-refractivity contribution in [1.82, 2.24) is 15.5 Å². The molecule has 1 aromatic carbocycles. The molecule has 1 aliphatic carbocycles. The van der Waals surface area contributed by atoms with E-state index in [0.29, 0.717) is 5.69 Å². The van der Waals surface area contributed by atoms with E-state index in [1.165, 1.54) is 11.1 Å². The van der Waals surface area contributed by atoms with Gasteiger partial charge in [-0.3, -0.25) is 19.2 Å². The van der Waals surface area contributed by atoms with E-state index in [1.54, 1.807) is 17.9 Å². The molecule has 0 unspecified atom stereocenters. The third-order valence-electron chi connectivity index (χ3n) is 6.85. The van der Waals surface area contributed by atoms with Crippen molar-refractivity contribution < 1.29 is 19.2 Å². The fourth-order valence-electron chi connectivity index (χ4n) is 4.70. The van der Waals surface area contributed by atoms with Crippen LogP contribution in [-0.2, 0) is 25.6 Å².